The van der Waals surface area contributed by atoms with Crippen LogP contribution >= 0.6 is 11.8 Å². The lowest BCUT2D eigenvalue weighted by molar-refractivity contribution is 0.102. The van der Waals surface area contributed by atoms with E-state index < -0.39 is 0 Å². The second-order valence-electron chi connectivity index (χ2n) is 6.66. The first-order valence-electron chi connectivity index (χ1n) is 8.33. The fourth-order valence-corrected chi connectivity index (χ4v) is 4.10. The summed E-state index contributed by atoms with van der Waals surface area (Å²) < 4.78 is 2.32. The summed E-state index contributed by atoms with van der Waals surface area (Å²) in [7, 11) is 0. The van der Waals surface area contributed by atoms with E-state index in [1.54, 1.807) is 0 Å². The highest BCUT2D eigenvalue weighted by atomic mass is 32.2. The van der Waals surface area contributed by atoms with Gasteiger partial charge >= 0.3 is 0 Å². The smallest absolute Gasteiger partial charge is 0.175 e. The van der Waals surface area contributed by atoms with Crippen molar-refractivity contribution in [2.75, 3.05) is 5.75 Å². The molecule has 0 bridgehead atoms. The minimum atomic E-state index is 0.177. The first-order valence-corrected chi connectivity index (χ1v) is 9.32. The van der Waals surface area contributed by atoms with Crippen molar-refractivity contribution in [2.24, 2.45) is 0 Å². The van der Waals surface area contributed by atoms with Crippen LogP contribution in [0.15, 0.2) is 29.4 Å². The molecule has 2 heterocycles. The summed E-state index contributed by atoms with van der Waals surface area (Å²) >= 11 is 1.48. The third-order valence-corrected chi connectivity index (χ3v) is 5.53. The molecule has 0 aliphatic heterocycles. The van der Waals surface area contributed by atoms with E-state index in [0.717, 1.165) is 27.4 Å². The lowest BCUT2D eigenvalue weighted by Gasteiger charge is -2.07. The summed E-state index contributed by atoms with van der Waals surface area (Å²) in [5.41, 5.74) is 6.34. The van der Waals surface area contributed by atoms with Crippen molar-refractivity contribution in [1.29, 1.82) is 0 Å². The Morgan fingerprint density at radius 1 is 1.29 bits per heavy atom. The van der Waals surface area contributed by atoms with Gasteiger partial charge in [-0.25, -0.2) is 4.98 Å². The van der Waals surface area contributed by atoms with Crippen molar-refractivity contribution in [3.8, 4) is 0 Å². The Morgan fingerprint density at radius 2 is 2.08 bits per heavy atom. The molecule has 0 radical (unpaired) electrons. The average molecular weight is 339 g/mol. The normalized spacial score (nSPS) is 14.5. The van der Waals surface area contributed by atoms with Gasteiger partial charge < -0.3 is 9.55 Å². The van der Waals surface area contributed by atoms with E-state index in [2.05, 4.69) is 47.4 Å². The lowest BCUT2D eigenvalue weighted by atomic mass is 10.2. The molecule has 4 rings (SSSR count). The summed E-state index contributed by atoms with van der Waals surface area (Å²) in [5, 5.41) is 0.806. The summed E-state index contributed by atoms with van der Waals surface area (Å²) in [6, 6.07) is 8.79. The number of thioether (sulfide) groups is 1. The van der Waals surface area contributed by atoms with Crippen molar-refractivity contribution < 1.29 is 4.79 Å². The number of hydrogen-bond donors (Lipinski definition) is 1. The lowest BCUT2D eigenvalue weighted by Crippen LogP contribution is -2.06. The summed E-state index contributed by atoms with van der Waals surface area (Å²) in [5.74, 6) is 0.588. The zero-order chi connectivity index (χ0) is 16.8. The van der Waals surface area contributed by atoms with Crippen molar-refractivity contribution in [2.45, 2.75) is 44.8 Å². The van der Waals surface area contributed by atoms with E-state index in [0.29, 0.717) is 11.8 Å². The molecule has 1 aliphatic carbocycles. The van der Waals surface area contributed by atoms with Gasteiger partial charge in [0.15, 0.2) is 10.9 Å². The van der Waals surface area contributed by atoms with Crippen LogP contribution in [0.5, 0.6) is 0 Å². The SMILES string of the molecule is Cc1ccc2nc(SCC(=O)c3cc(C)n(C4CC4)c3C)[nH]c2c1. The molecule has 2 aromatic heterocycles. The van der Waals surface area contributed by atoms with Crippen LogP contribution in [-0.4, -0.2) is 26.1 Å². The number of Topliss-reactive ketones (excluding diaryl/α,β-unsaturated/α-hetero) is 1. The average Bonchev–Trinajstić information content (AvgIpc) is 3.21. The first-order chi connectivity index (χ1) is 11.5. The number of nitrogens with one attached hydrogen (secondary N) is 1. The van der Waals surface area contributed by atoms with Gasteiger partial charge in [-0.3, -0.25) is 4.79 Å². The van der Waals surface area contributed by atoms with Crippen molar-refractivity contribution in [3.05, 3.63) is 46.8 Å². The molecule has 4 nitrogen and oxygen atoms in total. The van der Waals surface area contributed by atoms with E-state index >= 15 is 0 Å². The highest BCUT2D eigenvalue weighted by Crippen LogP contribution is 2.38. The quantitative estimate of drug-likeness (QED) is 0.546. The molecule has 1 aliphatic rings. The maximum Gasteiger partial charge on any atom is 0.175 e. The molecule has 0 amide bonds. The van der Waals surface area contributed by atoms with Gasteiger partial charge in [-0.2, -0.15) is 0 Å². The summed E-state index contributed by atoms with van der Waals surface area (Å²) in [6.07, 6.45) is 2.47. The highest BCUT2D eigenvalue weighted by Gasteiger charge is 2.28. The van der Waals surface area contributed by atoms with Gasteiger partial charge in [0.1, 0.15) is 0 Å². The van der Waals surface area contributed by atoms with Gasteiger partial charge in [-0.05, 0) is 57.4 Å². The van der Waals surface area contributed by atoms with E-state index in [1.807, 2.05) is 12.1 Å². The largest absolute Gasteiger partial charge is 0.345 e. The van der Waals surface area contributed by atoms with Crippen LogP contribution in [0.25, 0.3) is 11.0 Å². The van der Waals surface area contributed by atoms with Crippen molar-refractivity contribution >= 4 is 28.6 Å². The molecule has 124 valence electrons. The standard InChI is InChI=1S/C19H21N3OS/c1-11-4-7-16-17(8-11)21-19(20-16)24-10-18(23)15-9-12(2)22(13(15)3)14-5-6-14/h4,7-9,14H,5-6,10H2,1-3H3,(H,20,21). The van der Waals surface area contributed by atoms with E-state index in [1.165, 1.54) is 35.9 Å². The van der Waals surface area contributed by atoms with Gasteiger partial charge in [-0.15, -0.1) is 0 Å². The van der Waals surface area contributed by atoms with Gasteiger partial charge in [0, 0.05) is 23.0 Å². The van der Waals surface area contributed by atoms with Crippen molar-refractivity contribution in [3.63, 3.8) is 0 Å². The number of ketones is 1. The predicted molar refractivity (Wildman–Crippen MR) is 98.1 cm³/mol. The third-order valence-electron chi connectivity index (χ3n) is 4.65. The van der Waals surface area contributed by atoms with Crippen LogP contribution in [0.2, 0.25) is 0 Å². The number of carbonyl (C=O) groups excluding carboxylic acids is 1. The molecule has 1 fully saturated rings. The molecule has 0 saturated heterocycles. The molecule has 0 unspecified atom stereocenters. The summed E-state index contributed by atoms with van der Waals surface area (Å²) in [6.45, 7) is 6.22. The Bertz CT molecular complexity index is 934. The molecule has 5 heteroatoms. The number of aromatic amines is 1. The van der Waals surface area contributed by atoms with Crippen LogP contribution in [0.1, 0.15) is 46.2 Å². The third kappa shape index (κ3) is 2.77. The minimum absolute atomic E-state index is 0.177. The molecular formula is C19H21N3OS. The van der Waals surface area contributed by atoms with Gasteiger partial charge in [0.05, 0.1) is 16.8 Å². The van der Waals surface area contributed by atoms with Crippen LogP contribution in [-0.2, 0) is 0 Å². The maximum atomic E-state index is 12.6. The number of hydrogen-bond acceptors (Lipinski definition) is 3. The van der Waals surface area contributed by atoms with E-state index in [4.69, 9.17) is 0 Å². The molecule has 3 aromatic rings. The second-order valence-corrected chi connectivity index (χ2v) is 7.62. The molecule has 0 spiro atoms. The molecule has 24 heavy (non-hydrogen) atoms. The van der Waals surface area contributed by atoms with Crippen molar-refractivity contribution in [1.82, 2.24) is 14.5 Å². The van der Waals surface area contributed by atoms with Crippen LogP contribution in [0, 0.1) is 20.8 Å². The number of benzene rings is 1. The Kier molecular flexibility index (Phi) is 3.76. The van der Waals surface area contributed by atoms with Crippen LogP contribution in [0.4, 0.5) is 0 Å². The zero-order valence-electron chi connectivity index (χ0n) is 14.2. The fraction of sp³-hybridized carbons (Fsp3) is 0.368. The van der Waals surface area contributed by atoms with Crippen LogP contribution < -0.4 is 0 Å². The minimum Gasteiger partial charge on any atom is -0.345 e. The van der Waals surface area contributed by atoms with E-state index in [-0.39, 0.29) is 5.78 Å². The first kappa shape index (κ1) is 15.5. The Morgan fingerprint density at radius 3 is 2.83 bits per heavy atom. The molecule has 1 saturated carbocycles. The Hall–Kier alpha value is -2.01. The maximum absolute atomic E-state index is 12.6. The molecule has 1 N–H and O–H groups in total. The topological polar surface area (TPSA) is 50.7 Å². The number of H-pyrrole nitrogens is 1. The number of rotatable bonds is 5. The van der Waals surface area contributed by atoms with Gasteiger partial charge in [-0.1, -0.05) is 17.8 Å². The number of fused-ring (bicyclic) bond motifs is 1. The second kappa shape index (κ2) is 5.81. The molecular weight excluding hydrogens is 318 g/mol. The number of nitrogens with zero attached hydrogens (tertiary/aromatic N) is 2. The monoisotopic (exact) mass is 339 g/mol. The summed E-state index contributed by atoms with van der Waals surface area (Å²) in [4.78, 5) is 20.5. The van der Waals surface area contributed by atoms with Gasteiger partial charge in [0.25, 0.3) is 0 Å². The number of carbonyl (C=O) groups is 1. The highest BCUT2D eigenvalue weighted by molar-refractivity contribution is 7.99. The number of imidazole rings is 1. The number of aryl methyl sites for hydroxylation is 2. The fourth-order valence-electron chi connectivity index (χ4n) is 3.33. The van der Waals surface area contributed by atoms with E-state index in [9.17, 15) is 4.79 Å². The Balaban J connectivity index is 1.50. The predicted octanol–water partition coefficient (Wildman–Crippen LogP) is 4.60. The molecule has 1 aromatic carbocycles. The Labute approximate surface area is 145 Å². The van der Waals surface area contributed by atoms with Gasteiger partial charge in [0.2, 0.25) is 0 Å². The zero-order valence-corrected chi connectivity index (χ0v) is 15.0. The number of aromatic nitrogens is 3. The van der Waals surface area contributed by atoms with Crippen LogP contribution in [0.3, 0.4) is 0 Å². The molecule has 0 atom stereocenters.